The number of hydrogen-bond donors (Lipinski definition) is 2. The second-order valence-corrected chi connectivity index (χ2v) is 7.53. The van der Waals surface area contributed by atoms with Crippen LogP contribution in [-0.4, -0.2) is 28.7 Å². The third-order valence-electron chi connectivity index (χ3n) is 3.71. The Morgan fingerprint density at radius 3 is 2.86 bits per heavy atom. The molecule has 1 atom stereocenters. The number of aryl methyl sites for hydroxylation is 1. The highest BCUT2D eigenvalue weighted by Gasteiger charge is 2.17. The smallest absolute Gasteiger partial charge is 0.260 e. The standard InChI is InChI=1S/C15H21N3O2S2/c1-5-8(2)6-10-9(3)22-14-12(10)13(20)17-15(18-14)21-7-11(19)16-4/h8H,5-7H2,1-4H3,(H,16,19)(H,17,18,20)/t8-/m1/s1. The van der Waals surface area contributed by atoms with Gasteiger partial charge in [0.1, 0.15) is 4.83 Å². The van der Waals surface area contributed by atoms with E-state index >= 15 is 0 Å². The molecule has 0 spiro atoms. The lowest BCUT2D eigenvalue weighted by molar-refractivity contribution is -0.118. The molecule has 0 saturated heterocycles. The monoisotopic (exact) mass is 339 g/mol. The van der Waals surface area contributed by atoms with Gasteiger partial charge in [-0.1, -0.05) is 32.0 Å². The molecule has 0 aromatic carbocycles. The third kappa shape index (κ3) is 3.70. The molecule has 0 fully saturated rings. The van der Waals surface area contributed by atoms with E-state index in [1.54, 1.807) is 18.4 Å². The third-order valence-corrected chi connectivity index (χ3v) is 5.62. The Morgan fingerprint density at radius 2 is 2.23 bits per heavy atom. The van der Waals surface area contributed by atoms with Crippen LogP contribution in [0.3, 0.4) is 0 Å². The minimum absolute atomic E-state index is 0.0902. The average Bonchev–Trinajstić information content (AvgIpc) is 2.80. The number of thioether (sulfide) groups is 1. The van der Waals surface area contributed by atoms with Gasteiger partial charge in [-0.2, -0.15) is 0 Å². The van der Waals surface area contributed by atoms with Crippen LogP contribution in [0.15, 0.2) is 9.95 Å². The van der Waals surface area contributed by atoms with Crippen LogP contribution in [0.5, 0.6) is 0 Å². The Bertz CT molecular complexity index is 736. The van der Waals surface area contributed by atoms with Gasteiger partial charge in [-0.15, -0.1) is 11.3 Å². The van der Waals surface area contributed by atoms with Crippen molar-refractivity contribution in [3.63, 3.8) is 0 Å². The molecular formula is C15H21N3O2S2. The molecule has 0 saturated carbocycles. The van der Waals surface area contributed by atoms with Crippen LogP contribution in [0.1, 0.15) is 30.7 Å². The molecule has 2 heterocycles. The molecular weight excluding hydrogens is 318 g/mol. The molecule has 5 nitrogen and oxygen atoms in total. The number of aromatic nitrogens is 2. The van der Waals surface area contributed by atoms with Gasteiger partial charge in [0.25, 0.3) is 5.56 Å². The molecule has 22 heavy (non-hydrogen) atoms. The van der Waals surface area contributed by atoms with Gasteiger partial charge in [-0.3, -0.25) is 9.59 Å². The van der Waals surface area contributed by atoms with E-state index in [0.717, 1.165) is 28.1 Å². The van der Waals surface area contributed by atoms with Crippen molar-refractivity contribution in [2.75, 3.05) is 12.8 Å². The zero-order valence-electron chi connectivity index (χ0n) is 13.3. The van der Waals surface area contributed by atoms with Crippen LogP contribution in [-0.2, 0) is 11.2 Å². The first kappa shape index (κ1) is 17.0. The van der Waals surface area contributed by atoms with Crippen molar-refractivity contribution in [3.05, 3.63) is 20.8 Å². The average molecular weight is 339 g/mol. The second-order valence-electron chi connectivity index (χ2n) is 5.37. The summed E-state index contributed by atoms with van der Waals surface area (Å²) >= 11 is 2.80. The van der Waals surface area contributed by atoms with Crippen molar-refractivity contribution in [1.82, 2.24) is 15.3 Å². The highest BCUT2D eigenvalue weighted by atomic mass is 32.2. The van der Waals surface area contributed by atoms with Gasteiger partial charge >= 0.3 is 0 Å². The van der Waals surface area contributed by atoms with Gasteiger partial charge in [0.15, 0.2) is 5.16 Å². The molecule has 0 radical (unpaired) electrons. The molecule has 2 aromatic heterocycles. The van der Waals surface area contributed by atoms with E-state index in [0.29, 0.717) is 16.5 Å². The number of nitrogens with one attached hydrogen (secondary N) is 2. The molecule has 120 valence electrons. The van der Waals surface area contributed by atoms with Crippen LogP contribution < -0.4 is 10.9 Å². The van der Waals surface area contributed by atoms with Gasteiger partial charge in [-0.05, 0) is 24.8 Å². The number of aromatic amines is 1. The largest absolute Gasteiger partial charge is 0.358 e. The summed E-state index contributed by atoms with van der Waals surface area (Å²) < 4.78 is 0. The van der Waals surface area contributed by atoms with Crippen molar-refractivity contribution < 1.29 is 4.79 Å². The number of hydrogen-bond acceptors (Lipinski definition) is 5. The number of rotatable bonds is 6. The van der Waals surface area contributed by atoms with Crippen molar-refractivity contribution in [2.24, 2.45) is 5.92 Å². The van der Waals surface area contributed by atoms with Crippen LogP contribution in [0, 0.1) is 12.8 Å². The minimum Gasteiger partial charge on any atom is -0.358 e. The summed E-state index contributed by atoms with van der Waals surface area (Å²) in [6.45, 7) is 6.39. The number of thiophene rings is 1. The number of carbonyl (C=O) groups excluding carboxylic acids is 1. The quantitative estimate of drug-likeness (QED) is 0.627. The fourth-order valence-electron chi connectivity index (χ4n) is 2.17. The van der Waals surface area contributed by atoms with Crippen molar-refractivity contribution >= 4 is 39.2 Å². The Morgan fingerprint density at radius 1 is 1.50 bits per heavy atom. The fraction of sp³-hybridized carbons (Fsp3) is 0.533. The van der Waals surface area contributed by atoms with E-state index in [-0.39, 0.29) is 17.2 Å². The summed E-state index contributed by atoms with van der Waals surface area (Å²) in [5.41, 5.74) is 1.01. The van der Waals surface area contributed by atoms with Crippen LogP contribution >= 0.6 is 23.1 Å². The van der Waals surface area contributed by atoms with Gasteiger partial charge in [0.2, 0.25) is 5.91 Å². The van der Waals surface area contributed by atoms with Crippen LogP contribution in [0.4, 0.5) is 0 Å². The van der Waals surface area contributed by atoms with E-state index in [4.69, 9.17) is 0 Å². The van der Waals surface area contributed by atoms with E-state index in [2.05, 4.69) is 29.1 Å². The van der Waals surface area contributed by atoms with Gasteiger partial charge in [0.05, 0.1) is 11.1 Å². The fourth-order valence-corrected chi connectivity index (χ4v) is 4.01. The highest BCUT2D eigenvalue weighted by molar-refractivity contribution is 7.99. The molecule has 2 N–H and O–H groups in total. The Hall–Kier alpha value is -1.34. The van der Waals surface area contributed by atoms with Crippen LogP contribution in [0.25, 0.3) is 10.2 Å². The molecule has 0 unspecified atom stereocenters. The molecule has 1 amide bonds. The Kier molecular flexibility index (Phi) is 5.63. The van der Waals surface area contributed by atoms with Crippen molar-refractivity contribution in [2.45, 2.75) is 38.8 Å². The van der Waals surface area contributed by atoms with E-state index in [9.17, 15) is 9.59 Å². The van der Waals surface area contributed by atoms with Gasteiger partial charge in [0, 0.05) is 11.9 Å². The Labute approximate surface area is 137 Å². The topological polar surface area (TPSA) is 74.8 Å². The highest BCUT2D eigenvalue weighted by Crippen LogP contribution is 2.30. The number of H-pyrrole nitrogens is 1. The van der Waals surface area contributed by atoms with Crippen LogP contribution in [0.2, 0.25) is 0 Å². The van der Waals surface area contributed by atoms with E-state index in [1.807, 2.05) is 6.92 Å². The van der Waals surface area contributed by atoms with Gasteiger partial charge in [-0.25, -0.2) is 4.98 Å². The molecule has 0 bridgehead atoms. The first-order valence-corrected chi connectivity index (χ1v) is 9.12. The zero-order valence-corrected chi connectivity index (χ0v) is 14.9. The first-order chi connectivity index (χ1) is 10.5. The van der Waals surface area contributed by atoms with Gasteiger partial charge < -0.3 is 10.3 Å². The number of carbonyl (C=O) groups is 1. The maximum absolute atomic E-state index is 12.4. The molecule has 7 heteroatoms. The zero-order chi connectivity index (χ0) is 16.3. The van der Waals surface area contributed by atoms with Crippen molar-refractivity contribution in [3.8, 4) is 0 Å². The van der Waals surface area contributed by atoms with E-state index in [1.165, 1.54) is 11.8 Å². The minimum atomic E-state index is -0.105. The SMILES string of the molecule is CC[C@@H](C)Cc1c(C)sc2nc(SCC(=O)NC)[nH]c(=O)c12. The lowest BCUT2D eigenvalue weighted by Crippen LogP contribution is -2.20. The predicted molar refractivity (Wildman–Crippen MR) is 92.9 cm³/mol. The summed E-state index contributed by atoms with van der Waals surface area (Å²) in [4.78, 5) is 32.9. The first-order valence-electron chi connectivity index (χ1n) is 7.31. The number of amides is 1. The number of fused-ring (bicyclic) bond motifs is 1. The van der Waals surface area contributed by atoms with E-state index < -0.39 is 0 Å². The Balaban J connectivity index is 2.36. The lowest BCUT2D eigenvalue weighted by atomic mass is 9.98. The number of nitrogens with zero attached hydrogens (tertiary/aromatic N) is 1. The summed E-state index contributed by atoms with van der Waals surface area (Å²) in [6, 6.07) is 0. The van der Waals surface area contributed by atoms with Crippen molar-refractivity contribution in [1.29, 1.82) is 0 Å². The second kappa shape index (κ2) is 7.28. The summed E-state index contributed by atoms with van der Waals surface area (Å²) in [7, 11) is 1.59. The maximum atomic E-state index is 12.4. The molecule has 0 aliphatic heterocycles. The summed E-state index contributed by atoms with van der Waals surface area (Å²) in [5, 5.41) is 3.76. The molecule has 2 rings (SSSR count). The summed E-state index contributed by atoms with van der Waals surface area (Å²) in [6.07, 6.45) is 1.99. The normalized spacial score (nSPS) is 12.5. The summed E-state index contributed by atoms with van der Waals surface area (Å²) in [5.74, 6) is 0.695. The predicted octanol–water partition coefficient (Wildman–Crippen LogP) is 2.72. The molecule has 2 aromatic rings. The molecule has 0 aliphatic rings. The lowest BCUT2D eigenvalue weighted by Gasteiger charge is -2.08. The maximum Gasteiger partial charge on any atom is 0.260 e. The molecule has 0 aliphatic carbocycles.